The van der Waals surface area contributed by atoms with Gasteiger partial charge in [0.15, 0.2) is 0 Å². The molecule has 1 saturated heterocycles. The van der Waals surface area contributed by atoms with Gasteiger partial charge in [-0.1, -0.05) is 30.3 Å². The number of hydrogen-bond acceptors (Lipinski definition) is 3. The zero-order valence-corrected chi connectivity index (χ0v) is 11.5. The quantitative estimate of drug-likeness (QED) is 0.717. The predicted octanol–water partition coefficient (Wildman–Crippen LogP) is 0.922. The molecule has 0 spiro atoms. The van der Waals surface area contributed by atoms with Gasteiger partial charge in [0.1, 0.15) is 0 Å². The molecule has 5 heteroatoms. The number of carbonyl (C=O) groups is 2. The standard InChI is InChI=1S/C14H18N2O2S/c17-13-7-6-11(9-15-13)16-14(18)12(19)8-10-4-2-1-3-5-10/h1-5,11-12,19H,6-9H2,(H,15,17)(H,16,18). The normalized spacial score (nSPS) is 20.5. The van der Waals surface area contributed by atoms with Gasteiger partial charge in [-0.25, -0.2) is 0 Å². The summed E-state index contributed by atoms with van der Waals surface area (Å²) < 4.78 is 0. The fourth-order valence-electron chi connectivity index (χ4n) is 2.08. The van der Waals surface area contributed by atoms with Crippen LogP contribution in [-0.4, -0.2) is 29.7 Å². The van der Waals surface area contributed by atoms with Crippen molar-refractivity contribution < 1.29 is 9.59 Å². The van der Waals surface area contributed by atoms with Crippen LogP contribution in [0.2, 0.25) is 0 Å². The first-order chi connectivity index (χ1) is 9.15. The Bertz CT molecular complexity index is 440. The summed E-state index contributed by atoms with van der Waals surface area (Å²) in [5.74, 6) is -0.0226. The Hall–Kier alpha value is -1.49. The summed E-state index contributed by atoms with van der Waals surface area (Å²) in [5.41, 5.74) is 1.09. The van der Waals surface area contributed by atoms with Gasteiger partial charge in [0.2, 0.25) is 11.8 Å². The maximum atomic E-state index is 12.0. The van der Waals surface area contributed by atoms with Crippen molar-refractivity contribution in [2.24, 2.45) is 0 Å². The van der Waals surface area contributed by atoms with E-state index in [0.717, 1.165) is 5.56 Å². The highest BCUT2D eigenvalue weighted by molar-refractivity contribution is 7.81. The van der Waals surface area contributed by atoms with Crippen molar-refractivity contribution in [3.8, 4) is 0 Å². The molecule has 1 aliphatic heterocycles. The first kappa shape index (κ1) is 13.9. The molecule has 0 aliphatic carbocycles. The number of hydrogen-bond donors (Lipinski definition) is 3. The summed E-state index contributed by atoms with van der Waals surface area (Å²) in [6.45, 7) is 0.510. The monoisotopic (exact) mass is 278 g/mol. The zero-order chi connectivity index (χ0) is 13.7. The molecule has 0 saturated carbocycles. The van der Waals surface area contributed by atoms with Gasteiger partial charge in [0.25, 0.3) is 0 Å². The average Bonchev–Trinajstić information content (AvgIpc) is 2.42. The molecule has 0 bridgehead atoms. The zero-order valence-electron chi connectivity index (χ0n) is 10.6. The van der Waals surface area contributed by atoms with E-state index in [9.17, 15) is 9.59 Å². The Morgan fingerprint density at radius 3 is 2.79 bits per heavy atom. The van der Waals surface area contributed by atoms with Crippen LogP contribution >= 0.6 is 12.6 Å². The number of piperidine rings is 1. The van der Waals surface area contributed by atoms with Gasteiger partial charge in [-0.05, 0) is 18.4 Å². The summed E-state index contributed by atoms with van der Waals surface area (Å²) in [7, 11) is 0. The summed E-state index contributed by atoms with van der Waals surface area (Å²) >= 11 is 4.35. The number of nitrogens with one attached hydrogen (secondary N) is 2. The van der Waals surface area contributed by atoms with Crippen LogP contribution in [0.25, 0.3) is 0 Å². The smallest absolute Gasteiger partial charge is 0.233 e. The number of carbonyl (C=O) groups excluding carboxylic acids is 2. The summed E-state index contributed by atoms with van der Waals surface area (Å²) in [6.07, 6.45) is 1.78. The molecule has 1 aliphatic rings. The van der Waals surface area contributed by atoms with Crippen LogP contribution in [0.4, 0.5) is 0 Å². The first-order valence-electron chi connectivity index (χ1n) is 6.44. The fourth-order valence-corrected chi connectivity index (χ4v) is 2.37. The van der Waals surface area contributed by atoms with E-state index in [1.165, 1.54) is 0 Å². The average molecular weight is 278 g/mol. The number of thiol groups is 1. The minimum absolute atomic E-state index is 0.0237. The molecular weight excluding hydrogens is 260 g/mol. The van der Waals surface area contributed by atoms with Crippen LogP contribution in [0.5, 0.6) is 0 Å². The Kier molecular flexibility index (Phi) is 4.85. The van der Waals surface area contributed by atoms with E-state index in [1.54, 1.807) is 0 Å². The van der Waals surface area contributed by atoms with E-state index in [2.05, 4.69) is 23.3 Å². The second kappa shape index (κ2) is 6.61. The summed E-state index contributed by atoms with van der Waals surface area (Å²) in [5, 5.41) is 5.32. The SMILES string of the molecule is O=C1CCC(NC(=O)C(S)Cc2ccccc2)CN1. The van der Waals surface area contributed by atoms with Crippen molar-refractivity contribution in [2.75, 3.05) is 6.54 Å². The maximum Gasteiger partial charge on any atom is 0.233 e. The minimum atomic E-state index is -0.361. The fraction of sp³-hybridized carbons (Fsp3) is 0.429. The molecule has 1 heterocycles. The number of benzene rings is 1. The number of amides is 2. The molecule has 102 valence electrons. The highest BCUT2D eigenvalue weighted by atomic mass is 32.1. The van der Waals surface area contributed by atoms with Gasteiger partial charge in [0.05, 0.1) is 5.25 Å². The molecule has 2 N–H and O–H groups in total. The lowest BCUT2D eigenvalue weighted by Crippen LogP contribution is -2.49. The third-order valence-corrected chi connectivity index (χ3v) is 3.60. The Morgan fingerprint density at radius 2 is 2.16 bits per heavy atom. The van der Waals surface area contributed by atoms with Gasteiger partial charge >= 0.3 is 0 Å². The molecule has 2 amide bonds. The molecule has 19 heavy (non-hydrogen) atoms. The van der Waals surface area contributed by atoms with E-state index in [0.29, 0.717) is 25.8 Å². The topological polar surface area (TPSA) is 58.2 Å². The molecule has 0 aromatic heterocycles. The van der Waals surface area contributed by atoms with Crippen LogP contribution in [-0.2, 0) is 16.0 Å². The third-order valence-electron chi connectivity index (χ3n) is 3.19. The third kappa shape index (κ3) is 4.28. The van der Waals surface area contributed by atoms with Gasteiger partial charge in [-0.3, -0.25) is 9.59 Å². The lowest BCUT2D eigenvalue weighted by Gasteiger charge is -2.24. The van der Waals surface area contributed by atoms with Crippen LogP contribution in [0.1, 0.15) is 18.4 Å². The van der Waals surface area contributed by atoms with E-state index < -0.39 is 0 Å². The van der Waals surface area contributed by atoms with Gasteiger partial charge in [-0.2, -0.15) is 12.6 Å². The largest absolute Gasteiger partial charge is 0.354 e. The van der Waals surface area contributed by atoms with E-state index in [1.807, 2.05) is 30.3 Å². The Morgan fingerprint density at radius 1 is 1.42 bits per heavy atom. The van der Waals surface area contributed by atoms with E-state index >= 15 is 0 Å². The molecule has 1 aromatic carbocycles. The van der Waals surface area contributed by atoms with Crippen molar-refractivity contribution in [3.63, 3.8) is 0 Å². The molecule has 4 nitrogen and oxygen atoms in total. The van der Waals surface area contributed by atoms with Crippen LogP contribution in [0, 0.1) is 0 Å². The number of rotatable bonds is 4. The van der Waals surface area contributed by atoms with Crippen molar-refractivity contribution in [1.82, 2.24) is 10.6 Å². The molecule has 2 unspecified atom stereocenters. The predicted molar refractivity (Wildman–Crippen MR) is 77.1 cm³/mol. The lowest BCUT2D eigenvalue weighted by molar-refractivity contribution is -0.125. The maximum absolute atomic E-state index is 12.0. The molecule has 1 fully saturated rings. The second-order valence-corrected chi connectivity index (χ2v) is 5.38. The van der Waals surface area contributed by atoms with Crippen molar-refractivity contribution >= 4 is 24.4 Å². The molecule has 2 atom stereocenters. The van der Waals surface area contributed by atoms with Crippen LogP contribution in [0.3, 0.4) is 0 Å². The summed E-state index contributed by atoms with van der Waals surface area (Å²) in [6, 6.07) is 9.83. The van der Waals surface area contributed by atoms with Gasteiger partial charge < -0.3 is 10.6 Å². The Labute approximate surface area is 118 Å². The first-order valence-corrected chi connectivity index (χ1v) is 6.96. The molecule has 1 aromatic rings. The van der Waals surface area contributed by atoms with Crippen LogP contribution in [0.15, 0.2) is 30.3 Å². The molecule has 2 rings (SSSR count). The van der Waals surface area contributed by atoms with E-state index in [4.69, 9.17) is 0 Å². The van der Waals surface area contributed by atoms with E-state index in [-0.39, 0.29) is 23.1 Å². The van der Waals surface area contributed by atoms with Crippen molar-refractivity contribution in [2.45, 2.75) is 30.6 Å². The highest BCUT2D eigenvalue weighted by Crippen LogP contribution is 2.09. The highest BCUT2D eigenvalue weighted by Gasteiger charge is 2.22. The molecular formula is C14H18N2O2S. The van der Waals surface area contributed by atoms with Crippen molar-refractivity contribution in [1.29, 1.82) is 0 Å². The second-order valence-electron chi connectivity index (χ2n) is 4.75. The lowest BCUT2D eigenvalue weighted by atomic mass is 10.1. The molecule has 0 radical (unpaired) electrons. The Balaban J connectivity index is 1.81. The van der Waals surface area contributed by atoms with Crippen LogP contribution < -0.4 is 10.6 Å². The minimum Gasteiger partial charge on any atom is -0.354 e. The summed E-state index contributed by atoms with van der Waals surface area (Å²) in [4.78, 5) is 23.0. The van der Waals surface area contributed by atoms with Crippen molar-refractivity contribution in [3.05, 3.63) is 35.9 Å². The van der Waals surface area contributed by atoms with Gasteiger partial charge in [0, 0.05) is 19.0 Å². The van der Waals surface area contributed by atoms with Gasteiger partial charge in [-0.15, -0.1) is 0 Å².